The fourth-order valence-corrected chi connectivity index (χ4v) is 1.53. The fourth-order valence-electron chi connectivity index (χ4n) is 1.53. The summed E-state index contributed by atoms with van der Waals surface area (Å²) in [7, 11) is 0. The molecule has 0 N–H and O–H groups in total. The molecule has 0 bridgehead atoms. The van der Waals surface area contributed by atoms with Gasteiger partial charge in [-0.3, -0.25) is 4.57 Å². The summed E-state index contributed by atoms with van der Waals surface area (Å²) in [6.07, 6.45) is 1.79. The van der Waals surface area contributed by atoms with Crippen molar-refractivity contribution in [2.75, 3.05) is 0 Å². The predicted octanol–water partition coefficient (Wildman–Crippen LogP) is 2.19. The summed E-state index contributed by atoms with van der Waals surface area (Å²) in [5.41, 5.74) is 3.31. The molecule has 2 heterocycles. The minimum Gasteiger partial charge on any atom is -0.287 e. The second-order valence-corrected chi connectivity index (χ2v) is 3.45. The van der Waals surface area contributed by atoms with Crippen LogP contribution in [-0.4, -0.2) is 14.5 Å². The second-order valence-electron chi connectivity index (χ2n) is 3.45. The third kappa shape index (κ3) is 1.41. The Kier molecular flexibility index (Phi) is 2.08. The monoisotopic (exact) mass is 187 g/mol. The third-order valence-electron chi connectivity index (χ3n) is 2.25. The van der Waals surface area contributed by atoms with Crippen LogP contribution in [0.15, 0.2) is 24.4 Å². The zero-order chi connectivity index (χ0) is 10.1. The first-order chi connectivity index (χ1) is 6.68. The van der Waals surface area contributed by atoms with Crippen molar-refractivity contribution in [1.29, 1.82) is 0 Å². The van der Waals surface area contributed by atoms with Gasteiger partial charge in [-0.05, 0) is 39.0 Å². The molecule has 0 aliphatic heterocycles. The van der Waals surface area contributed by atoms with Gasteiger partial charge in [0.25, 0.3) is 0 Å². The van der Waals surface area contributed by atoms with Crippen molar-refractivity contribution < 1.29 is 0 Å². The largest absolute Gasteiger partial charge is 0.287 e. The highest BCUT2D eigenvalue weighted by Gasteiger charge is 2.05. The highest BCUT2D eigenvalue weighted by molar-refractivity contribution is 5.26. The number of hydrogen-bond donors (Lipinski definition) is 0. The van der Waals surface area contributed by atoms with E-state index in [9.17, 15) is 0 Å². The molecule has 0 saturated heterocycles. The van der Waals surface area contributed by atoms with Crippen molar-refractivity contribution in [2.45, 2.75) is 20.8 Å². The van der Waals surface area contributed by atoms with E-state index in [4.69, 9.17) is 0 Å². The van der Waals surface area contributed by atoms with E-state index in [0.717, 1.165) is 23.0 Å². The zero-order valence-corrected chi connectivity index (χ0v) is 8.65. The van der Waals surface area contributed by atoms with Crippen LogP contribution in [0.1, 0.15) is 17.1 Å². The molecule has 2 aromatic heterocycles. The van der Waals surface area contributed by atoms with Crippen LogP contribution in [0.4, 0.5) is 0 Å². The van der Waals surface area contributed by atoms with Crippen LogP contribution in [-0.2, 0) is 0 Å². The standard InChI is InChI=1S/C11H13N3/c1-8-6-7-12-11(13-8)14-9(2)4-5-10(14)3/h4-7H,1-3H3. The Morgan fingerprint density at radius 1 is 1.00 bits per heavy atom. The molecule has 72 valence electrons. The summed E-state index contributed by atoms with van der Waals surface area (Å²) in [6, 6.07) is 6.04. The normalized spacial score (nSPS) is 10.5. The quantitative estimate of drug-likeness (QED) is 0.685. The van der Waals surface area contributed by atoms with Gasteiger partial charge in [0.05, 0.1) is 0 Å². The average Bonchev–Trinajstić information content (AvgIpc) is 2.46. The third-order valence-corrected chi connectivity index (χ3v) is 2.25. The molecule has 3 nitrogen and oxygen atoms in total. The SMILES string of the molecule is Cc1ccnc(-n2c(C)ccc2C)n1. The summed E-state index contributed by atoms with van der Waals surface area (Å²) in [4.78, 5) is 8.64. The highest BCUT2D eigenvalue weighted by Crippen LogP contribution is 2.12. The molecule has 0 aliphatic rings. The molecule has 2 rings (SSSR count). The van der Waals surface area contributed by atoms with Crippen LogP contribution in [0, 0.1) is 20.8 Å². The predicted molar refractivity (Wildman–Crippen MR) is 55.6 cm³/mol. The van der Waals surface area contributed by atoms with Crippen LogP contribution >= 0.6 is 0 Å². The van der Waals surface area contributed by atoms with E-state index in [1.54, 1.807) is 6.20 Å². The van der Waals surface area contributed by atoms with Crippen molar-refractivity contribution in [2.24, 2.45) is 0 Å². The lowest BCUT2D eigenvalue weighted by molar-refractivity contribution is 0.862. The van der Waals surface area contributed by atoms with Crippen molar-refractivity contribution >= 4 is 0 Å². The molecule has 0 unspecified atom stereocenters. The number of nitrogens with zero attached hydrogens (tertiary/aromatic N) is 3. The molecular weight excluding hydrogens is 174 g/mol. The van der Waals surface area contributed by atoms with Gasteiger partial charge in [-0.25, -0.2) is 9.97 Å². The van der Waals surface area contributed by atoms with Crippen LogP contribution in [0.3, 0.4) is 0 Å². The molecule has 3 heteroatoms. The fraction of sp³-hybridized carbons (Fsp3) is 0.273. The summed E-state index contributed by atoms with van der Waals surface area (Å²) < 4.78 is 2.05. The Labute approximate surface area is 83.4 Å². The number of aryl methyl sites for hydroxylation is 3. The maximum absolute atomic E-state index is 4.39. The van der Waals surface area contributed by atoms with Gasteiger partial charge in [0, 0.05) is 23.3 Å². The van der Waals surface area contributed by atoms with Crippen LogP contribution < -0.4 is 0 Å². The lowest BCUT2D eigenvalue weighted by Gasteiger charge is -2.06. The Balaban J connectivity index is 2.59. The molecule has 0 radical (unpaired) electrons. The number of hydrogen-bond acceptors (Lipinski definition) is 2. The Morgan fingerprint density at radius 3 is 2.21 bits per heavy atom. The molecule has 2 aromatic rings. The van der Waals surface area contributed by atoms with Gasteiger partial charge in [-0.15, -0.1) is 0 Å². The molecular formula is C11H13N3. The van der Waals surface area contributed by atoms with Crippen molar-refractivity contribution in [3.63, 3.8) is 0 Å². The maximum atomic E-state index is 4.39. The first-order valence-corrected chi connectivity index (χ1v) is 4.63. The summed E-state index contributed by atoms with van der Waals surface area (Å²) in [5.74, 6) is 0.755. The van der Waals surface area contributed by atoms with E-state index in [1.165, 1.54) is 0 Å². The van der Waals surface area contributed by atoms with Crippen LogP contribution in [0.5, 0.6) is 0 Å². The molecule has 0 amide bonds. The molecule has 0 spiro atoms. The van der Waals surface area contributed by atoms with Crippen molar-refractivity contribution in [3.8, 4) is 5.95 Å². The second kappa shape index (κ2) is 3.25. The first kappa shape index (κ1) is 8.94. The molecule has 0 aromatic carbocycles. The molecule has 0 atom stereocenters. The Bertz CT molecular complexity index is 438. The van der Waals surface area contributed by atoms with Crippen molar-refractivity contribution in [3.05, 3.63) is 41.5 Å². The molecule has 0 aliphatic carbocycles. The smallest absolute Gasteiger partial charge is 0.234 e. The maximum Gasteiger partial charge on any atom is 0.234 e. The minimum atomic E-state index is 0.755. The molecule has 0 fully saturated rings. The summed E-state index contributed by atoms with van der Waals surface area (Å²) in [5, 5.41) is 0. The van der Waals surface area contributed by atoms with Gasteiger partial charge in [-0.2, -0.15) is 0 Å². The Morgan fingerprint density at radius 2 is 1.64 bits per heavy atom. The van der Waals surface area contributed by atoms with Crippen molar-refractivity contribution in [1.82, 2.24) is 14.5 Å². The lowest BCUT2D eigenvalue weighted by atomic mass is 10.4. The highest BCUT2D eigenvalue weighted by atomic mass is 15.2. The Hall–Kier alpha value is -1.64. The number of aromatic nitrogens is 3. The average molecular weight is 187 g/mol. The van der Waals surface area contributed by atoms with Crippen LogP contribution in [0.2, 0.25) is 0 Å². The van der Waals surface area contributed by atoms with Gasteiger partial charge in [0.1, 0.15) is 0 Å². The van der Waals surface area contributed by atoms with Crippen LogP contribution in [0.25, 0.3) is 5.95 Å². The van der Waals surface area contributed by atoms with E-state index >= 15 is 0 Å². The van der Waals surface area contributed by atoms with Gasteiger partial charge in [0.15, 0.2) is 0 Å². The van der Waals surface area contributed by atoms with E-state index in [2.05, 4.69) is 35.9 Å². The van der Waals surface area contributed by atoms with E-state index in [0.29, 0.717) is 0 Å². The van der Waals surface area contributed by atoms with Gasteiger partial charge in [-0.1, -0.05) is 0 Å². The zero-order valence-electron chi connectivity index (χ0n) is 8.65. The van der Waals surface area contributed by atoms with E-state index in [-0.39, 0.29) is 0 Å². The summed E-state index contributed by atoms with van der Waals surface area (Å²) >= 11 is 0. The molecule has 0 saturated carbocycles. The molecule has 14 heavy (non-hydrogen) atoms. The van der Waals surface area contributed by atoms with E-state index < -0.39 is 0 Å². The van der Waals surface area contributed by atoms with Gasteiger partial charge in [0.2, 0.25) is 5.95 Å². The number of rotatable bonds is 1. The summed E-state index contributed by atoms with van der Waals surface area (Å²) in [6.45, 7) is 6.08. The lowest BCUT2D eigenvalue weighted by Crippen LogP contribution is -2.04. The van der Waals surface area contributed by atoms with E-state index in [1.807, 2.05) is 17.6 Å². The van der Waals surface area contributed by atoms with Gasteiger partial charge < -0.3 is 0 Å². The minimum absolute atomic E-state index is 0.755. The first-order valence-electron chi connectivity index (χ1n) is 4.63. The topological polar surface area (TPSA) is 30.7 Å². The van der Waals surface area contributed by atoms with Gasteiger partial charge >= 0.3 is 0 Å².